The van der Waals surface area contributed by atoms with Crippen LogP contribution in [0.15, 0.2) is 42.9 Å². The van der Waals surface area contributed by atoms with Crippen LogP contribution in [-0.2, 0) is 23.7 Å². The minimum absolute atomic E-state index is 0.0227. The highest BCUT2D eigenvalue weighted by molar-refractivity contribution is 7.80. The second-order valence-corrected chi connectivity index (χ2v) is 8.81. The molecule has 8 nitrogen and oxygen atoms in total. The van der Waals surface area contributed by atoms with Gasteiger partial charge in [0.15, 0.2) is 10.9 Å². The van der Waals surface area contributed by atoms with E-state index >= 15 is 0 Å². The maximum absolute atomic E-state index is 13.5. The third kappa shape index (κ3) is 4.71. The second-order valence-electron chi connectivity index (χ2n) is 8.44. The molecule has 3 aromatic rings. The number of amides is 1. The lowest BCUT2D eigenvalue weighted by Gasteiger charge is -2.29. The van der Waals surface area contributed by atoms with Crippen molar-refractivity contribution >= 4 is 28.9 Å². The van der Waals surface area contributed by atoms with Crippen molar-refractivity contribution in [3.05, 3.63) is 65.4 Å². The van der Waals surface area contributed by atoms with Crippen LogP contribution in [0.25, 0.3) is 5.82 Å². The number of rotatable bonds is 4. The van der Waals surface area contributed by atoms with Crippen molar-refractivity contribution in [1.29, 1.82) is 5.26 Å². The van der Waals surface area contributed by atoms with Crippen molar-refractivity contribution in [3.8, 4) is 11.9 Å². The van der Waals surface area contributed by atoms with Gasteiger partial charge in [-0.25, -0.2) is 14.6 Å². The summed E-state index contributed by atoms with van der Waals surface area (Å²) in [5.74, 6) is -1.84. The van der Waals surface area contributed by atoms with Gasteiger partial charge in [-0.05, 0) is 55.9 Å². The van der Waals surface area contributed by atoms with E-state index in [-0.39, 0.29) is 23.2 Å². The summed E-state index contributed by atoms with van der Waals surface area (Å²) < 4.78 is 79.5. The molecule has 0 radical (unpaired) electrons. The lowest BCUT2D eigenvalue weighted by atomic mass is 10.0. The van der Waals surface area contributed by atoms with Gasteiger partial charge in [0.05, 0.1) is 22.9 Å². The Kier molecular flexibility index (Phi) is 6.19. The average molecular weight is 539 g/mol. The van der Waals surface area contributed by atoms with Gasteiger partial charge in [-0.2, -0.15) is 31.6 Å². The molecule has 192 valence electrons. The van der Waals surface area contributed by atoms with Crippen molar-refractivity contribution in [2.45, 2.75) is 38.3 Å². The summed E-state index contributed by atoms with van der Waals surface area (Å²) in [6.45, 7) is 3.12. The molecular weight excluding hydrogens is 524 g/mol. The van der Waals surface area contributed by atoms with E-state index in [4.69, 9.17) is 17.5 Å². The van der Waals surface area contributed by atoms with E-state index in [1.165, 1.54) is 35.4 Å². The number of alkyl halides is 6. The molecule has 15 heteroatoms. The molecule has 1 aromatic carbocycles. The first-order valence-corrected chi connectivity index (χ1v) is 10.8. The fraction of sp³-hybridized carbons (Fsp3) is 0.273. The van der Waals surface area contributed by atoms with Gasteiger partial charge in [-0.15, -0.1) is 5.10 Å². The molecular formula is C22H15F6N7OS. The number of halogens is 6. The van der Waals surface area contributed by atoms with E-state index in [1.54, 1.807) is 13.8 Å². The van der Waals surface area contributed by atoms with Gasteiger partial charge in [-0.3, -0.25) is 9.69 Å². The van der Waals surface area contributed by atoms with Crippen molar-refractivity contribution in [1.82, 2.24) is 24.6 Å². The number of anilines is 1. The molecule has 2 aromatic heterocycles. The maximum atomic E-state index is 13.5. The average Bonchev–Trinajstić information content (AvgIpc) is 3.38. The van der Waals surface area contributed by atoms with E-state index in [0.717, 1.165) is 22.0 Å². The van der Waals surface area contributed by atoms with E-state index in [9.17, 15) is 31.1 Å². The third-order valence-electron chi connectivity index (χ3n) is 5.64. The minimum Gasteiger partial charge on any atom is -0.330 e. The summed E-state index contributed by atoms with van der Waals surface area (Å²) in [5, 5.41) is 12.3. The Labute approximate surface area is 210 Å². The van der Waals surface area contributed by atoms with Crippen LogP contribution in [-0.4, -0.2) is 41.2 Å². The lowest BCUT2D eigenvalue weighted by Crippen LogP contribution is -2.43. The Morgan fingerprint density at radius 1 is 1.05 bits per heavy atom. The fourth-order valence-corrected chi connectivity index (χ4v) is 4.14. The number of aromatic nitrogens is 4. The second kappa shape index (κ2) is 8.80. The molecule has 0 saturated carbocycles. The maximum Gasteiger partial charge on any atom is 0.453 e. The summed E-state index contributed by atoms with van der Waals surface area (Å²) in [6, 6.07) is 7.30. The molecule has 0 aliphatic carbocycles. The third-order valence-corrected chi connectivity index (χ3v) is 6.04. The van der Waals surface area contributed by atoms with Gasteiger partial charge < -0.3 is 4.90 Å². The van der Waals surface area contributed by atoms with E-state index in [2.05, 4.69) is 15.1 Å². The van der Waals surface area contributed by atoms with Crippen LogP contribution in [0.2, 0.25) is 0 Å². The number of benzene rings is 1. The van der Waals surface area contributed by atoms with Crippen LogP contribution in [0.5, 0.6) is 0 Å². The fourth-order valence-electron chi connectivity index (χ4n) is 3.66. The smallest absolute Gasteiger partial charge is 0.330 e. The summed E-state index contributed by atoms with van der Waals surface area (Å²) in [4.78, 5) is 23.0. The Hall–Kier alpha value is -4.06. The predicted octanol–water partition coefficient (Wildman–Crippen LogP) is 4.48. The standard InChI is InChI=1S/C22H15F6N7OS/c1-20(2)18(36)35(14-5-4-13(8-29)15(7-14)21(23,24)25)19(37)33(20)10-12-3-6-16(30-9-12)34-11-31-17(32-34)22(26,27)28/h3-7,9,11H,10H2,1-2H3. The molecule has 0 N–H and O–H groups in total. The lowest BCUT2D eigenvalue weighted by molar-refractivity contribution is -0.144. The molecule has 1 fully saturated rings. The number of carbonyl (C=O) groups excluding carboxylic acids is 1. The Morgan fingerprint density at radius 2 is 1.76 bits per heavy atom. The number of carbonyl (C=O) groups is 1. The molecule has 1 saturated heterocycles. The van der Waals surface area contributed by atoms with Crippen molar-refractivity contribution in [3.63, 3.8) is 0 Å². The van der Waals surface area contributed by atoms with Gasteiger partial charge in [0.1, 0.15) is 11.9 Å². The van der Waals surface area contributed by atoms with Crippen LogP contribution < -0.4 is 4.90 Å². The zero-order valence-electron chi connectivity index (χ0n) is 19.0. The minimum atomic E-state index is -4.82. The molecule has 1 aliphatic heterocycles. The zero-order chi connectivity index (χ0) is 27.3. The number of pyridine rings is 1. The molecule has 4 rings (SSSR count). The first kappa shape index (κ1) is 26.0. The highest BCUT2D eigenvalue weighted by Gasteiger charge is 2.50. The largest absolute Gasteiger partial charge is 0.453 e. The van der Waals surface area contributed by atoms with E-state index in [1.807, 2.05) is 0 Å². The number of nitrogens with zero attached hydrogens (tertiary/aromatic N) is 7. The van der Waals surface area contributed by atoms with Crippen molar-refractivity contribution < 1.29 is 31.1 Å². The molecule has 37 heavy (non-hydrogen) atoms. The monoisotopic (exact) mass is 539 g/mol. The highest BCUT2D eigenvalue weighted by Crippen LogP contribution is 2.38. The molecule has 0 bridgehead atoms. The van der Waals surface area contributed by atoms with Gasteiger partial charge in [0, 0.05) is 12.7 Å². The first-order chi connectivity index (χ1) is 17.1. The Balaban J connectivity index is 1.60. The molecule has 1 aliphatic rings. The number of hydrogen-bond donors (Lipinski definition) is 0. The summed E-state index contributed by atoms with van der Waals surface area (Å²) >= 11 is 5.44. The van der Waals surface area contributed by atoms with Crippen LogP contribution in [0, 0.1) is 11.3 Å². The Bertz CT molecular complexity index is 1420. The summed E-state index contributed by atoms with van der Waals surface area (Å²) in [7, 11) is 0. The predicted molar refractivity (Wildman–Crippen MR) is 120 cm³/mol. The SMILES string of the molecule is CC1(C)C(=O)N(c2ccc(C#N)c(C(F)(F)F)c2)C(=S)N1Cc1ccc(-n2cnc(C(F)(F)F)n2)nc1. The molecule has 0 spiro atoms. The number of thiocarbonyl (C=S) groups is 1. The summed E-state index contributed by atoms with van der Waals surface area (Å²) in [6.07, 6.45) is -7.32. The number of hydrogen-bond acceptors (Lipinski definition) is 6. The normalized spacial score (nSPS) is 15.9. The number of nitriles is 1. The summed E-state index contributed by atoms with van der Waals surface area (Å²) in [5.41, 5.74) is -2.67. The van der Waals surface area contributed by atoms with Gasteiger partial charge in [-0.1, -0.05) is 6.07 Å². The van der Waals surface area contributed by atoms with Crippen LogP contribution in [0.1, 0.15) is 36.4 Å². The van der Waals surface area contributed by atoms with Crippen LogP contribution >= 0.6 is 12.2 Å². The van der Waals surface area contributed by atoms with Gasteiger partial charge >= 0.3 is 12.4 Å². The molecule has 3 heterocycles. The quantitative estimate of drug-likeness (QED) is 0.357. The first-order valence-electron chi connectivity index (χ1n) is 10.4. The van der Waals surface area contributed by atoms with Crippen molar-refractivity contribution in [2.75, 3.05) is 4.90 Å². The van der Waals surface area contributed by atoms with Gasteiger partial charge in [0.2, 0.25) is 0 Å². The van der Waals surface area contributed by atoms with Crippen molar-refractivity contribution in [2.24, 2.45) is 0 Å². The van der Waals surface area contributed by atoms with E-state index < -0.39 is 40.8 Å². The Morgan fingerprint density at radius 3 is 2.30 bits per heavy atom. The topological polar surface area (TPSA) is 90.9 Å². The van der Waals surface area contributed by atoms with Crippen LogP contribution in [0.3, 0.4) is 0 Å². The van der Waals surface area contributed by atoms with Crippen LogP contribution in [0.4, 0.5) is 32.0 Å². The molecule has 0 atom stereocenters. The molecule has 1 amide bonds. The zero-order valence-corrected chi connectivity index (χ0v) is 19.8. The van der Waals surface area contributed by atoms with Gasteiger partial charge in [0.25, 0.3) is 11.7 Å². The van der Waals surface area contributed by atoms with E-state index in [0.29, 0.717) is 11.6 Å². The highest BCUT2D eigenvalue weighted by atomic mass is 32.1. The molecule has 0 unspecified atom stereocenters.